The monoisotopic (exact) mass is 237 g/mol. The van der Waals surface area contributed by atoms with E-state index in [0.29, 0.717) is 19.8 Å². The minimum Gasteiger partial charge on any atom is -0.382 e. The van der Waals surface area contributed by atoms with Gasteiger partial charge in [-0.25, -0.2) is 0 Å². The minimum absolute atomic E-state index is 0.0232. The van der Waals surface area contributed by atoms with Crippen LogP contribution in [-0.4, -0.2) is 44.8 Å². The molecule has 0 aliphatic carbocycles. The molecule has 0 radical (unpaired) electrons. The first-order valence-corrected chi connectivity index (χ1v) is 5.58. The van der Waals surface area contributed by atoms with E-state index in [0.717, 1.165) is 5.56 Å². The van der Waals surface area contributed by atoms with Crippen molar-refractivity contribution in [1.29, 1.82) is 0 Å². The van der Waals surface area contributed by atoms with Gasteiger partial charge in [0.05, 0.1) is 13.2 Å². The van der Waals surface area contributed by atoms with Crippen LogP contribution in [0.5, 0.6) is 0 Å². The van der Waals surface area contributed by atoms with Crippen molar-refractivity contribution in [3.8, 4) is 0 Å². The summed E-state index contributed by atoms with van der Waals surface area (Å²) >= 11 is 0. The predicted molar refractivity (Wildman–Crippen MR) is 65.6 cm³/mol. The lowest BCUT2D eigenvalue weighted by Gasteiger charge is -2.17. The maximum atomic E-state index is 11.7. The van der Waals surface area contributed by atoms with Crippen LogP contribution in [0.25, 0.3) is 0 Å². The van der Waals surface area contributed by atoms with E-state index in [4.69, 9.17) is 9.47 Å². The summed E-state index contributed by atoms with van der Waals surface area (Å²) in [7, 11) is 3.38. The van der Waals surface area contributed by atoms with Crippen LogP contribution in [-0.2, 0) is 20.8 Å². The molecule has 1 aromatic rings. The maximum absolute atomic E-state index is 11.7. The molecule has 17 heavy (non-hydrogen) atoms. The van der Waals surface area contributed by atoms with Gasteiger partial charge in [-0.05, 0) is 5.56 Å². The van der Waals surface area contributed by atoms with Crippen molar-refractivity contribution < 1.29 is 14.3 Å². The van der Waals surface area contributed by atoms with Gasteiger partial charge in [0, 0.05) is 20.7 Å². The maximum Gasteiger partial charge on any atom is 0.248 e. The Kier molecular flexibility index (Phi) is 6.29. The summed E-state index contributed by atoms with van der Waals surface area (Å²) < 4.78 is 10.0. The van der Waals surface area contributed by atoms with Gasteiger partial charge in [-0.1, -0.05) is 30.3 Å². The van der Waals surface area contributed by atoms with Crippen molar-refractivity contribution in [3.05, 3.63) is 35.9 Å². The van der Waals surface area contributed by atoms with Gasteiger partial charge < -0.3 is 14.4 Å². The van der Waals surface area contributed by atoms with Crippen molar-refractivity contribution in [3.63, 3.8) is 0 Å². The highest BCUT2D eigenvalue weighted by Gasteiger charge is 2.08. The third kappa shape index (κ3) is 5.47. The molecule has 0 saturated carbocycles. The number of carbonyl (C=O) groups is 1. The molecule has 0 atom stereocenters. The van der Waals surface area contributed by atoms with Crippen LogP contribution < -0.4 is 0 Å². The van der Waals surface area contributed by atoms with Gasteiger partial charge in [0.1, 0.15) is 6.61 Å². The first-order valence-electron chi connectivity index (χ1n) is 5.58. The zero-order chi connectivity index (χ0) is 12.5. The Morgan fingerprint density at radius 2 is 1.94 bits per heavy atom. The molecule has 94 valence electrons. The Bertz CT molecular complexity index is 327. The molecule has 0 heterocycles. The highest BCUT2D eigenvalue weighted by molar-refractivity contribution is 5.77. The van der Waals surface area contributed by atoms with Crippen molar-refractivity contribution in [2.45, 2.75) is 6.54 Å². The molecule has 4 heteroatoms. The first-order chi connectivity index (χ1) is 8.24. The minimum atomic E-state index is -0.0232. The van der Waals surface area contributed by atoms with E-state index < -0.39 is 0 Å². The number of rotatable bonds is 7. The molecule has 1 amide bonds. The van der Waals surface area contributed by atoms with Crippen LogP contribution in [0.4, 0.5) is 0 Å². The van der Waals surface area contributed by atoms with Crippen molar-refractivity contribution in [1.82, 2.24) is 4.90 Å². The van der Waals surface area contributed by atoms with Gasteiger partial charge in [-0.3, -0.25) is 4.79 Å². The summed E-state index contributed by atoms with van der Waals surface area (Å²) in [5.41, 5.74) is 1.11. The van der Waals surface area contributed by atoms with E-state index >= 15 is 0 Å². The number of carbonyl (C=O) groups excluding carboxylic acids is 1. The van der Waals surface area contributed by atoms with E-state index in [9.17, 15) is 4.79 Å². The molecule has 1 aromatic carbocycles. The molecular formula is C13H19NO3. The average Bonchev–Trinajstić information content (AvgIpc) is 2.35. The third-order valence-corrected chi connectivity index (χ3v) is 2.35. The Morgan fingerprint density at radius 1 is 1.24 bits per heavy atom. The third-order valence-electron chi connectivity index (χ3n) is 2.35. The lowest BCUT2D eigenvalue weighted by atomic mass is 10.2. The van der Waals surface area contributed by atoms with Gasteiger partial charge in [0.2, 0.25) is 5.91 Å². The Hall–Kier alpha value is -1.39. The highest BCUT2D eigenvalue weighted by atomic mass is 16.5. The Morgan fingerprint density at radius 3 is 2.59 bits per heavy atom. The van der Waals surface area contributed by atoms with Crippen LogP contribution in [0, 0.1) is 0 Å². The molecule has 0 aliphatic heterocycles. The predicted octanol–water partition coefficient (Wildman–Crippen LogP) is 1.31. The molecule has 0 spiro atoms. The largest absolute Gasteiger partial charge is 0.382 e. The van der Waals surface area contributed by atoms with Gasteiger partial charge in [-0.15, -0.1) is 0 Å². The molecule has 0 bridgehead atoms. The summed E-state index contributed by atoms with van der Waals surface area (Å²) in [4.78, 5) is 13.3. The molecule has 1 rings (SSSR count). The van der Waals surface area contributed by atoms with Crippen LogP contribution >= 0.6 is 0 Å². The number of hydrogen-bond acceptors (Lipinski definition) is 3. The zero-order valence-electron chi connectivity index (χ0n) is 10.4. The first kappa shape index (κ1) is 13.7. The standard InChI is InChI=1S/C13H19NO3/c1-14(10-12-6-4-3-5-7-12)13(15)11-17-9-8-16-2/h3-7H,8-11H2,1-2H3. The van der Waals surface area contributed by atoms with Gasteiger partial charge in [0.25, 0.3) is 0 Å². The second kappa shape index (κ2) is 7.81. The van der Waals surface area contributed by atoms with Crippen LogP contribution in [0.1, 0.15) is 5.56 Å². The molecule has 0 aromatic heterocycles. The fraction of sp³-hybridized carbons (Fsp3) is 0.462. The Labute approximate surface area is 102 Å². The van der Waals surface area contributed by atoms with Crippen molar-refractivity contribution in [2.24, 2.45) is 0 Å². The summed E-state index contributed by atoms with van der Waals surface area (Å²) in [6.45, 7) is 1.66. The van der Waals surface area contributed by atoms with Crippen molar-refractivity contribution >= 4 is 5.91 Å². The fourth-order valence-electron chi connectivity index (χ4n) is 1.36. The molecule has 0 saturated heterocycles. The number of hydrogen-bond donors (Lipinski definition) is 0. The molecule has 0 fully saturated rings. The molecule has 0 unspecified atom stereocenters. The van der Waals surface area contributed by atoms with E-state index in [-0.39, 0.29) is 12.5 Å². The highest BCUT2D eigenvalue weighted by Crippen LogP contribution is 2.02. The van der Waals surface area contributed by atoms with E-state index in [1.807, 2.05) is 30.3 Å². The normalized spacial score (nSPS) is 10.2. The van der Waals surface area contributed by atoms with Crippen molar-refractivity contribution in [2.75, 3.05) is 34.0 Å². The number of likely N-dealkylation sites (N-methyl/N-ethyl adjacent to an activating group) is 1. The number of ether oxygens (including phenoxy) is 2. The second-order valence-electron chi connectivity index (χ2n) is 3.78. The topological polar surface area (TPSA) is 38.8 Å². The van der Waals surface area contributed by atoms with Gasteiger partial charge in [-0.2, -0.15) is 0 Å². The fourth-order valence-corrected chi connectivity index (χ4v) is 1.36. The zero-order valence-corrected chi connectivity index (χ0v) is 10.4. The summed E-state index contributed by atoms with van der Waals surface area (Å²) in [5.74, 6) is -0.0232. The summed E-state index contributed by atoms with van der Waals surface area (Å²) in [5, 5.41) is 0. The van der Waals surface area contributed by atoms with Crippen LogP contribution in [0.2, 0.25) is 0 Å². The number of amides is 1. The van der Waals surface area contributed by atoms with E-state index in [1.165, 1.54) is 0 Å². The molecule has 0 N–H and O–H groups in total. The summed E-state index contributed by atoms with van der Waals surface area (Å²) in [6, 6.07) is 9.87. The number of methoxy groups -OCH3 is 1. The lowest BCUT2D eigenvalue weighted by molar-refractivity contribution is -0.135. The quantitative estimate of drug-likeness (QED) is 0.671. The number of benzene rings is 1. The van der Waals surface area contributed by atoms with E-state index in [2.05, 4.69) is 0 Å². The van der Waals surface area contributed by atoms with Crippen LogP contribution in [0.3, 0.4) is 0 Å². The van der Waals surface area contributed by atoms with Gasteiger partial charge in [0.15, 0.2) is 0 Å². The molecule has 0 aliphatic rings. The SMILES string of the molecule is COCCOCC(=O)N(C)Cc1ccccc1. The number of nitrogens with zero attached hydrogens (tertiary/aromatic N) is 1. The lowest BCUT2D eigenvalue weighted by Crippen LogP contribution is -2.30. The Balaban J connectivity index is 2.27. The van der Waals surface area contributed by atoms with Gasteiger partial charge >= 0.3 is 0 Å². The average molecular weight is 237 g/mol. The van der Waals surface area contributed by atoms with E-state index in [1.54, 1.807) is 19.1 Å². The smallest absolute Gasteiger partial charge is 0.248 e. The van der Waals surface area contributed by atoms with Crippen LogP contribution in [0.15, 0.2) is 30.3 Å². The second-order valence-corrected chi connectivity index (χ2v) is 3.78. The molecular weight excluding hydrogens is 218 g/mol. The molecule has 4 nitrogen and oxygen atoms in total. The summed E-state index contributed by atoms with van der Waals surface area (Å²) in [6.07, 6.45) is 0.